The lowest BCUT2D eigenvalue weighted by Crippen LogP contribution is -1.83. The smallest absolute Gasteiger partial charge is 0.150 e. The van der Waals surface area contributed by atoms with Gasteiger partial charge < -0.3 is 0 Å². The van der Waals surface area contributed by atoms with E-state index >= 15 is 0 Å². The van der Waals surface area contributed by atoms with Crippen LogP contribution in [0.1, 0.15) is 10.4 Å². The summed E-state index contributed by atoms with van der Waals surface area (Å²) in [7, 11) is 0. The van der Waals surface area contributed by atoms with Gasteiger partial charge in [0.15, 0.2) is 0 Å². The van der Waals surface area contributed by atoms with Crippen molar-refractivity contribution in [3.8, 4) is 0 Å². The van der Waals surface area contributed by atoms with Crippen molar-refractivity contribution in [2.75, 3.05) is 0 Å². The molecule has 0 aromatic heterocycles. The van der Waals surface area contributed by atoms with Crippen LogP contribution in [-0.2, 0) is 0 Å². The summed E-state index contributed by atoms with van der Waals surface area (Å²) in [4.78, 5) is 10.7. The van der Waals surface area contributed by atoms with Crippen LogP contribution in [0.25, 0.3) is 10.8 Å². The Hall–Kier alpha value is -0.760. The Bertz CT molecular complexity index is 549. The van der Waals surface area contributed by atoms with E-state index in [1.807, 2.05) is 0 Å². The van der Waals surface area contributed by atoms with Crippen LogP contribution in [0.5, 0.6) is 0 Å². The maximum Gasteiger partial charge on any atom is 0.150 e. The molecule has 1 nitrogen and oxygen atoms in total. The molecule has 0 saturated heterocycles. The highest BCUT2D eigenvalue weighted by atomic mass is 35.5. The van der Waals surface area contributed by atoms with E-state index in [0.29, 0.717) is 20.6 Å². The molecule has 0 aliphatic rings. The van der Waals surface area contributed by atoms with Crippen molar-refractivity contribution in [3.63, 3.8) is 0 Å². The quantitative estimate of drug-likeness (QED) is 0.683. The number of halogens is 3. The Kier molecular flexibility index (Phi) is 2.87. The van der Waals surface area contributed by atoms with E-state index < -0.39 is 0 Å². The summed E-state index contributed by atoms with van der Waals surface area (Å²) in [6, 6.07) is 6.62. The number of hydrogen-bond donors (Lipinski definition) is 0. The normalized spacial score (nSPS) is 10.6. The van der Waals surface area contributed by atoms with Crippen LogP contribution in [-0.4, -0.2) is 6.29 Å². The Balaban J connectivity index is 2.91. The topological polar surface area (TPSA) is 17.1 Å². The Morgan fingerprint density at radius 3 is 2.13 bits per heavy atom. The molecular formula is C11H5Cl3O. The zero-order valence-electron chi connectivity index (χ0n) is 7.43. The van der Waals surface area contributed by atoms with Crippen molar-refractivity contribution < 1.29 is 4.79 Å². The zero-order chi connectivity index (χ0) is 11.0. The maximum absolute atomic E-state index is 10.7. The van der Waals surface area contributed by atoms with E-state index in [0.717, 1.165) is 17.1 Å². The molecule has 0 fully saturated rings. The highest BCUT2D eigenvalue weighted by molar-refractivity contribution is 6.42. The van der Waals surface area contributed by atoms with Gasteiger partial charge in [-0.3, -0.25) is 4.79 Å². The molecule has 0 atom stereocenters. The predicted molar refractivity (Wildman–Crippen MR) is 64.4 cm³/mol. The first-order valence-corrected chi connectivity index (χ1v) is 5.28. The Morgan fingerprint density at radius 1 is 0.867 bits per heavy atom. The van der Waals surface area contributed by atoms with Gasteiger partial charge in [0, 0.05) is 31.4 Å². The lowest BCUT2D eigenvalue weighted by molar-refractivity contribution is 0.112. The van der Waals surface area contributed by atoms with Crippen LogP contribution in [0.15, 0.2) is 24.3 Å². The third-order valence-corrected chi connectivity index (χ3v) is 2.94. The minimum absolute atomic E-state index is 0.471. The standard InChI is InChI=1S/C11H5Cl3O/c12-7-3-9-8(11(14)4-7)1-6(5-15)2-10(9)13/h1-5H. The van der Waals surface area contributed by atoms with Gasteiger partial charge in [0.05, 0.1) is 0 Å². The van der Waals surface area contributed by atoms with Crippen LogP contribution >= 0.6 is 34.8 Å². The first-order chi connectivity index (χ1) is 7.11. The molecule has 0 N–H and O–H groups in total. The monoisotopic (exact) mass is 258 g/mol. The molecule has 0 bridgehead atoms. The van der Waals surface area contributed by atoms with Crippen LogP contribution in [0.4, 0.5) is 0 Å². The average Bonchev–Trinajstić information content (AvgIpc) is 2.19. The van der Waals surface area contributed by atoms with E-state index in [9.17, 15) is 4.79 Å². The van der Waals surface area contributed by atoms with E-state index in [-0.39, 0.29) is 0 Å². The van der Waals surface area contributed by atoms with Crippen LogP contribution < -0.4 is 0 Å². The van der Waals surface area contributed by atoms with Gasteiger partial charge in [-0.25, -0.2) is 0 Å². The van der Waals surface area contributed by atoms with Crippen molar-refractivity contribution in [3.05, 3.63) is 44.9 Å². The van der Waals surface area contributed by atoms with E-state index in [4.69, 9.17) is 34.8 Å². The third kappa shape index (κ3) is 1.96. The average molecular weight is 260 g/mol. The summed E-state index contributed by atoms with van der Waals surface area (Å²) in [6.45, 7) is 0. The first kappa shape index (κ1) is 10.7. The molecule has 2 aromatic rings. The van der Waals surface area contributed by atoms with Gasteiger partial charge in [-0.2, -0.15) is 0 Å². The van der Waals surface area contributed by atoms with Crippen molar-refractivity contribution in [2.45, 2.75) is 0 Å². The number of benzene rings is 2. The van der Waals surface area contributed by atoms with E-state index in [2.05, 4.69) is 0 Å². The van der Waals surface area contributed by atoms with Gasteiger partial charge in [-0.1, -0.05) is 34.8 Å². The molecule has 0 unspecified atom stereocenters. The summed E-state index contributed by atoms with van der Waals surface area (Å²) in [5.74, 6) is 0. The van der Waals surface area contributed by atoms with Crippen molar-refractivity contribution >= 4 is 51.9 Å². The molecule has 76 valence electrons. The van der Waals surface area contributed by atoms with Crippen molar-refractivity contribution in [1.82, 2.24) is 0 Å². The molecule has 0 aliphatic heterocycles. The predicted octanol–water partition coefficient (Wildman–Crippen LogP) is 4.61. The van der Waals surface area contributed by atoms with Gasteiger partial charge in [-0.15, -0.1) is 0 Å². The number of carbonyl (C=O) groups excluding carboxylic acids is 1. The summed E-state index contributed by atoms with van der Waals surface area (Å²) < 4.78 is 0. The second kappa shape index (κ2) is 4.01. The number of fused-ring (bicyclic) bond motifs is 1. The van der Waals surface area contributed by atoms with Gasteiger partial charge in [0.1, 0.15) is 6.29 Å². The van der Waals surface area contributed by atoms with Crippen LogP contribution in [0, 0.1) is 0 Å². The highest BCUT2D eigenvalue weighted by Gasteiger charge is 2.06. The fourth-order valence-corrected chi connectivity index (χ4v) is 2.26. The Morgan fingerprint density at radius 2 is 1.47 bits per heavy atom. The van der Waals surface area contributed by atoms with Crippen LogP contribution in [0.2, 0.25) is 15.1 Å². The third-order valence-electron chi connectivity index (χ3n) is 2.09. The number of hydrogen-bond acceptors (Lipinski definition) is 1. The van der Waals surface area contributed by atoms with Crippen LogP contribution in [0.3, 0.4) is 0 Å². The molecule has 0 saturated carbocycles. The molecule has 0 spiro atoms. The summed E-state index contributed by atoms with van der Waals surface area (Å²) in [6.07, 6.45) is 0.732. The van der Waals surface area contributed by atoms with Crippen molar-refractivity contribution in [1.29, 1.82) is 0 Å². The van der Waals surface area contributed by atoms with E-state index in [1.165, 1.54) is 0 Å². The van der Waals surface area contributed by atoms with Gasteiger partial charge in [0.2, 0.25) is 0 Å². The minimum atomic E-state index is 0.471. The summed E-state index contributed by atoms with van der Waals surface area (Å²) in [5, 5.41) is 2.96. The fraction of sp³-hybridized carbons (Fsp3) is 0. The molecule has 0 amide bonds. The SMILES string of the molecule is O=Cc1cc(Cl)c2cc(Cl)cc(Cl)c2c1. The highest BCUT2D eigenvalue weighted by Crippen LogP contribution is 2.33. The Labute approximate surface area is 102 Å². The summed E-state index contributed by atoms with van der Waals surface area (Å²) >= 11 is 17.9. The molecule has 4 heteroatoms. The molecule has 15 heavy (non-hydrogen) atoms. The number of carbonyl (C=O) groups is 1. The number of rotatable bonds is 1. The van der Waals surface area contributed by atoms with Gasteiger partial charge in [-0.05, 0) is 24.3 Å². The molecule has 2 aromatic carbocycles. The molecular weight excluding hydrogens is 254 g/mol. The molecule has 2 rings (SSSR count). The summed E-state index contributed by atoms with van der Waals surface area (Å²) in [5.41, 5.74) is 0.497. The second-order valence-electron chi connectivity index (χ2n) is 3.10. The van der Waals surface area contributed by atoms with E-state index in [1.54, 1.807) is 24.3 Å². The molecule has 0 aliphatic carbocycles. The van der Waals surface area contributed by atoms with Gasteiger partial charge >= 0.3 is 0 Å². The number of aldehydes is 1. The minimum Gasteiger partial charge on any atom is -0.298 e. The first-order valence-electron chi connectivity index (χ1n) is 4.15. The largest absolute Gasteiger partial charge is 0.298 e. The maximum atomic E-state index is 10.7. The van der Waals surface area contributed by atoms with Crippen molar-refractivity contribution in [2.24, 2.45) is 0 Å². The lowest BCUT2D eigenvalue weighted by atomic mass is 10.1. The lowest BCUT2D eigenvalue weighted by Gasteiger charge is -2.04. The fourth-order valence-electron chi connectivity index (χ4n) is 1.43. The molecule has 0 heterocycles. The molecule has 0 radical (unpaired) electrons. The second-order valence-corrected chi connectivity index (χ2v) is 4.35. The zero-order valence-corrected chi connectivity index (χ0v) is 9.70. The van der Waals surface area contributed by atoms with Gasteiger partial charge in [0.25, 0.3) is 0 Å².